The number of hydrogen-bond donors (Lipinski definition) is 6. The van der Waals surface area contributed by atoms with E-state index in [9.17, 15) is 36.6 Å². The van der Waals surface area contributed by atoms with Crippen molar-refractivity contribution < 1.29 is 36.6 Å². The summed E-state index contributed by atoms with van der Waals surface area (Å²) in [6, 6.07) is 36.0. The van der Waals surface area contributed by atoms with Gasteiger partial charge in [0.15, 0.2) is 0 Å². The van der Waals surface area contributed by atoms with E-state index in [1.54, 1.807) is 77.5 Å². The van der Waals surface area contributed by atoms with Crippen LogP contribution in [0.2, 0.25) is 0 Å². The molecular weight excluding hydrogens is 957 g/mol. The summed E-state index contributed by atoms with van der Waals surface area (Å²) >= 11 is 0. The number of carbonyl (C=O) groups is 2. The number of aliphatic hydroxyl groups excluding tert-OH is 2. The zero-order chi connectivity index (χ0) is 50.2. The van der Waals surface area contributed by atoms with Crippen molar-refractivity contribution >= 4 is 43.2 Å². The van der Waals surface area contributed by atoms with Crippen LogP contribution >= 0.6 is 0 Å². The lowest BCUT2D eigenvalue weighted by molar-refractivity contribution is 0.0836. The van der Waals surface area contributed by atoms with E-state index in [2.05, 4.69) is 70.2 Å². The Bertz CT molecular complexity index is 3240. The molecular formula is C52H58N10O8S2. The molecule has 20 heteroatoms. The Morgan fingerprint density at radius 3 is 1.68 bits per heavy atom. The number of anilines is 1. The quantitative estimate of drug-likeness (QED) is 0.0816. The van der Waals surface area contributed by atoms with Gasteiger partial charge >= 0.3 is 0 Å². The lowest BCUT2D eigenvalue weighted by atomic mass is 10.00. The van der Waals surface area contributed by atoms with Crippen LogP contribution in [-0.4, -0.2) is 125 Å². The maximum absolute atomic E-state index is 12.7. The molecule has 0 spiro atoms. The highest BCUT2D eigenvalue weighted by Crippen LogP contribution is 2.22. The number of pyridine rings is 1. The Balaban J connectivity index is 0.000000178. The molecule has 3 aromatic heterocycles. The number of aliphatic hydroxyl groups is 2. The van der Waals surface area contributed by atoms with Gasteiger partial charge < -0.3 is 29.8 Å². The van der Waals surface area contributed by atoms with Gasteiger partial charge in [-0.15, -0.1) is 0 Å². The molecule has 2 amide bonds. The van der Waals surface area contributed by atoms with E-state index in [4.69, 9.17) is 0 Å². The minimum absolute atomic E-state index is 0.104. The number of nitrogens with zero attached hydrogens (tertiary/aromatic N) is 6. The first-order valence-electron chi connectivity index (χ1n) is 24.0. The van der Waals surface area contributed by atoms with E-state index < -0.39 is 38.2 Å². The van der Waals surface area contributed by atoms with Gasteiger partial charge in [-0.2, -0.15) is 0 Å². The SMILES string of the molecule is O=C(NC[C@@H](O)CN1CCc2ccccc2C1)c1cn2c(n1)CCC(NS(=O)(=O)c1ccccc1)C2.O=C(NC[C@@H](O)CN1CCc2ccccc2C1)c1cn2cc(NS(=O)(=O)c3ccccc3)ccc2n1. The van der Waals surface area contributed by atoms with Crippen molar-refractivity contribution in [1.82, 2.24) is 44.1 Å². The minimum atomic E-state index is -3.73. The molecule has 3 aliphatic heterocycles. The van der Waals surface area contributed by atoms with Gasteiger partial charge in [-0.1, -0.05) is 84.9 Å². The Labute approximate surface area is 418 Å². The Hall–Kier alpha value is -6.78. The maximum atomic E-state index is 12.7. The van der Waals surface area contributed by atoms with Crippen molar-refractivity contribution in [3.63, 3.8) is 0 Å². The summed E-state index contributed by atoms with van der Waals surface area (Å²) in [5, 5.41) is 26.5. The number of nitrogens with one attached hydrogen (secondary N) is 4. The van der Waals surface area contributed by atoms with Crippen molar-refractivity contribution in [1.29, 1.82) is 0 Å². The van der Waals surface area contributed by atoms with Crippen molar-refractivity contribution in [2.24, 2.45) is 0 Å². The molecule has 0 saturated heterocycles. The zero-order valence-corrected chi connectivity index (χ0v) is 41.2. The third-order valence-electron chi connectivity index (χ3n) is 12.9. The van der Waals surface area contributed by atoms with Crippen LogP contribution in [0.25, 0.3) is 5.65 Å². The first kappa shape index (κ1) is 50.2. The molecule has 72 heavy (non-hydrogen) atoms. The van der Waals surface area contributed by atoms with Gasteiger partial charge in [0.05, 0.1) is 27.7 Å². The number of amides is 2. The van der Waals surface area contributed by atoms with E-state index in [0.29, 0.717) is 43.8 Å². The second kappa shape index (κ2) is 22.3. The summed E-state index contributed by atoms with van der Waals surface area (Å²) in [6.07, 6.45) is 6.40. The van der Waals surface area contributed by atoms with Gasteiger partial charge in [-0.05, 0) is 77.9 Å². The monoisotopic (exact) mass is 1010 g/mol. The first-order valence-corrected chi connectivity index (χ1v) is 26.9. The first-order chi connectivity index (χ1) is 34.7. The molecule has 7 aromatic rings. The predicted molar refractivity (Wildman–Crippen MR) is 271 cm³/mol. The fraction of sp³-hybridized carbons (Fsp3) is 0.308. The number of aryl methyl sites for hydroxylation is 1. The van der Waals surface area contributed by atoms with E-state index in [1.807, 2.05) is 22.8 Å². The number of fused-ring (bicyclic) bond motifs is 4. The van der Waals surface area contributed by atoms with Crippen LogP contribution in [0, 0.1) is 0 Å². The molecule has 0 bridgehead atoms. The number of imidazole rings is 2. The molecule has 18 nitrogen and oxygen atoms in total. The van der Waals surface area contributed by atoms with Crippen LogP contribution < -0.4 is 20.1 Å². The average Bonchev–Trinajstić information content (AvgIpc) is 4.02. The molecule has 0 fully saturated rings. The van der Waals surface area contributed by atoms with E-state index in [1.165, 1.54) is 40.6 Å². The summed E-state index contributed by atoms with van der Waals surface area (Å²) in [4.78, 5) is 38.9. The van der Waals surface area contributed by atoms with Crippen molar-refractivity contribution in [3.8, 4) is 0 Å². The third kappa shape index (κ3) is 12.6. The number of sulfonamides is 2. The molecule has 6 heterocycles. The number of hydrogen-bond acceptors (Lipinski definition) is 12. The Morgan fingerprint density at radius 2 is 1.11 bits per heavy atom. The van der Waals surface area contributed by atoms with Gasteiger partial charge in [-0.25, -0.2) is 31.5 Å². The second-order valence-corrected chi connectivity index (χ2v) is 21.7. The van der Waals surface area contributed by atoms with Gasteiger partial charge in [0.1, 0.15) is 22.9 Å². The molecule has 4 aromatic carbocycles. The van der Waals surface area contributed by atoms with Gasteiger partial charge in [-0.3, -0.25) is 24.1 Å². The number of β-amino-alcohol motifs (C(OH)–C–C–N with tert-alkyl or cyclic N) is 2. The van der Waals surface area contributed by atoms with Crippen molar-refractivity contribution in [3.05, 3.63) is 179 Å². The number of rotatable bonds is 16. The molecule has 3 atom stereocenters. The summed E-state index contributed by atoms with van der Waals surface area (Å²) in [6.45, 7) is 4.92. The van der Waals surface area contributed by atoms with E-state index >= 15 is 0 Å². The van der Waals surface area contributed by atoms with Gasteiger partial charge in [0.25, 0.3) is 21.8 Å². The summed E-state index contributed by atoms with van der Waals surface area (Å²) in [5.74, 6) is -0.00245. The van der Waals surface area contributed by atoms with Crippen molar-refractivity contribution in [2.45, 2.75) is 73.4 Å². The largest absolute Gasteiger partial charge is 0.390 e. The zero-order valence-electron chi connectivity index (χ0n) is 39.5. The molecule has 10 rings (SSSR count). The van der Waals surface area contributed by atoms with Crippen LogP contribution in [0.4, 0.5) is 5.69 Å². The van der Waals surface area contributed by atoms with Crippen LogP contribution in [0.1, 0.15) is 55.5 Å². The van der Waals surface area contributed by atoms with Crippen LogP contribution in [0.3, 0.4) is 0 Å². The van der Waals surface area contributed by atoms with Crippen LogP contribution in [0.5, 0.6) is 0 Å². The minimum Gasteiger partial charge on any atom is -0.390 e. The van der Waals surface area contributed by atoms with E-state index in [-0.39, 0.29) is 46.2 Å². The smallest absolute Gasteiger partial charge is 0.271 e. The molecule has 6 N–H and O–H groups in total. The molecule has 0 radical (unpaired) electrons. The molecule has 1 unspecified atom stereocenters. The maximum Gasteiger partial charge on any atom is 0.271 e. The molecule has 0 saturated carbocycles. The number of aromatic nitrogens is 4. The number of benzene rings is 4. The molecule has 0 aliphatic carbocycles. The average molecular weight is 1020 g/mol. The Morgan fingerprint density at radius 1 is 0.597 bits per heavy atom. The lowest BCUT2D eigenvalue weighted by Crippen LogP contribution is -2.42. The highest BCUT2D eigenvalue weighted by molar-refractivity contribution is 7.92. The molecule has 3 aliphatic rings. The van der Waals surface area contributed by atoms with E-state index in [0.717, 1.165) is 44.8 Å². The topological polar surface area (TPSA) is 233 Å². The summed E-state index contributed by atoms with van der Waals surface area (Å²) in [5.41, 5.74) is 6.55. The summed E-state index contributed by atoms with van der Waals surface area (Å²) in [7, 11) is -7.35. The highest BCUT2D eigenvalue weighted by Gasteiger charge is 2.27. The lowest BCUT2D eigenvalue weighted by Gasteiger charge is -2.30. The standard InChI is InChI=1S/C26H31N5O4S.C26H27N5O4S/c2*32-22(17-30-13-12-19-6-4-5-7-20(19)15-30)14-27-26(33)24-18-31-16-21(10-11-25(31)28-24)29-36(34,35)23-8-2-1-3-9-23/h1-9,18,21-22,29,32H,10-17H2,(H,27,33);1-11,16,18,22,29,32H,12-15,17H2,(H,27,33)/t21?,22-;22-/m11/s1. The van der Waals surface area contributed by atoms with Gasteiger partial charge in [0, 0.05) is 90.0 Å². The fourth-order valence-corrected chi connectivity index (χ4v) is 11.6. The predicted octanol–water partition coefficient (Wildman–Crippen LogP) is 3.61. The van der Waals surface area contributed by atoms with Crippen LogP contribution in [-0.2, 0) is 58.9 Å². The van der Waals surface area contributed by atoms with Crippen molar-refractivity contribution in [2.75, 3.05) is 44.0 Å². The number of carbonyl (C=O) groups excluding carboxylic acids is 2. The normalized spacial score (nSPS) is 16.8. The summed E-state index contributed by atoms with van der Waals surface area (Å²) < 4.78 is 59.2. The molecule has 376 valence electrons. The Kier molecular flexibility index (Phi) is 15.6. The van der Waals surface area contributed by atoms with Gasteiger partial charge in [0.2, 0.25) is 10.0 Å². The van der Waals surface area contributed by atoms with Crippen LogP contribution in [0.15, 0.2) is 150 Å². The third-order valence-corrected chi connectivity index (χ3v) is 15.9. The second-order valence-electron chi connectivity index (χ2n) is 18.3. The highest BCUT2D eigenvalue weighted by atomic mass is 32.2. The fourth-order valence-electron chi connectivity index (χ4n) is 9.26.